The summed E-state index contributed by atoms with van der Waals surface area (Å²) in [4.78, 5) is 36.3. The van der Waals surface area contributed by atoms with Crippen LogP contribution in [-0.4, -0.2) is 75.5 Å². The number of carbonyl (C=O) groups is 3. The van der Waals surface area contributed by atoms with Crippen LogP contribution in [0.15, 0.2) is 60.8 Å². The van der Waals surface area contributed by atoms with Gasteiger partial charge < -0.3 is 28.6 Å². The molecule has 0 aromatic rings. The Labute approximate surface area is 267 Å². The number of carboxylic acid groups (broad SMARTS) is 1. The molecule has 0 saturated carbocycles. The second-order valence-corrected chi connectivity index (χ2v) is 11.7. The first-order chi connectivity index (χ1) is 21.1. The summed E-state index contributed by atoms with van der Waals surface area (Å²) in [5.74, 6) is -1.94. The van der Waals surface area contributed by atoms with Crippen molar-refractivity contribution in [2.45, 2.75) is 109 Å². The molecule has 0 bridgehead atoms. The minimum atomic E-state index is -1.15. The van der Waals surface area contributed by atoms with E-state index in [1.54, 1.807) is 27.2 Å². The fraction of sp³-hybridized carbons (Fsp3) is 0.639. The zero-order chi connectivity index (χ0) is 32.9. The number of aliphatic carboxylic acids is 1. The van der Waals surface area contributed by atoms with Gasteiger partial charge in [0.1, 0.15) is 12.6 Å². The number of hydrogen-bond acceptors (Lipinski definition) is 7. The normalized spacial score (nSPS) is 13.9. The molecule has 250 valence electrons. The third-order valence-electron chi connectivity index (χ3n) is 6.70. The molecule has 2 unspecified atom stereocenters. The number of esters is 2. The lowest BCUT2D eigenvalue weighted by atomic mass is 10.1. The highest BCUT2D eigenvalue weighted by atomic mass is 16.6. The summed E-state index contributed by atoms with van der Waals surface area (Å²) in [5.41, 5.74) is 0. The van der Waals surface area contributed by atoms with Crippen molar-refractivity contribution in [2.24, 2.45) is 0 Å². The molecule has 0 amide bonds. The number of likely N-dealkylation sites (N-methyl/N-ethyl adjacent to an activating group) is 1. The standard InChI is InChI=1S/C36H59NO7/c1-6-8-10-12-14-16-17-19-20-22-24-26-34(38)43-31-32(30-42-29-28-33(36(40)41)37(3,4)5)44-35(39)27-25-23-21-18-15-13-11-9-7-2/h9,11-12,14-18,23,25,32-33H,6-8,10,13,19-22,24,26-31H2,1-5H3/b11-9+,14-12+,17-16+,18-15+,25-23+. The first kappa shape index (κ1) is 41.0. The molecule has 0 heterocycles. The predicted molar refractivity (Wildman–Crippen MR) is 176 cm³/mol. The van der Waals surface area contributed by atoms with Gasteiger partial charge in [0.15, 0.2) is 6.10 Å². The minimum absolute atomic E-state index is 0.00706. The molecule has 0 N–H and O–H groups in total. The Morgan fingerprint density at radius 2 is 1.39 bits per heavy atom. The summed E-state index contributed by atoms with van der Waals surface area (Å²) in [6.07, 6.45) is 30.1. The average Bonchev–Trinajstić information content (AvgIpc) is 2.96. The number of unbranched alkanes of at least 4 members (excludes halogenated alkanes) is 5. The SMILES string of the molecule is CC/C=C/C/C=C/C/C=C/CC(=O)OC(COCCC(C(=O)[O-])[N+](C)(C)C)COC(=O)CCCCC/C=C/C=C/CCCC. The highest BCUT2D eigenvalue weighted by Crippen LogP contribution is 2.09. The van der Waals surface area contributed by atoms with Gasteiger partial charge in [-0.25, -0.2) is 0 Å². The van der Waals surface area contributed by atoms with Crippen LogP contribution in [0.3, 0.4) is 0 Å². The minimum Gasteiger partial charge on any atom is -0.544 e. The van der Waals surface area contributed by atoms with Crippen molar-refractivity contribution in [3.8, 4) is 0 Å². The average molecular weight is 618 g/mol. The summed E-state index contributed by atoms with van der Waals surface area (Å²) in [6.45, 7) is 4.29. The van der Waals surface area contributed by atoms with E-state index in [9.17, 15) is 19.5 Å². The van der Waals surface area contributed by atoms with Gasteiger partial charge in [-0.2, -0.15) is 0 Å². The van der Waals surface area contributed by atoms with Gasteiger partial charge in [-0.15, -0.1) is 0 Å². The Hall–Kier alpha value is -2.97. The molecule has 0 radical (unpaired) electrons. The fourth-order valence-corrected chi connectivity index (χ4v) is 4.11. The first-order valence-corrected chi connectivity index (χ1v) is 16.3. The Kier molecular flexibility index (Phi) is 25.7. The molecule has 0 aromatic heterocycles. The van der Waals surface area contributed by atoms with Crippen LogP contribution in [0.5, 0.6) is 0 Å². The molecule has 0 aliphatic heterocycles. The van der Waals surface area contributed by atoms with Crippen molar-refractivity contribution < 1.29 is 38.2 Å². The van der Waals surface area contributed by atoms with Gasteiger partial charge in [-0.1, -0.05) is 93.9 Å². The zero-order valence-corrected chi connectivity index (χ0v) is 28.0. The third kappa shape index (κ3) is 25.5. The number of carboxylic acids is 1. The van der Waals surface area contributed by atoms with E-state index < -0.39 is 24.1 Å². The van der Waals surface area contributed by atoms with Crippen LogP contribution in [0.1, 0.15) is 97.3 Å². The van der Waals surface area contributed by atoms with Crippen LogP contribution in [0.2, 0.25) is 0 Å². The van der Waals surface area contributed by atoms with E-state index in [0.29, 0.717) is 6.42 Å². The van der Waals surface area contributed by atoms with E-state index >= 15 is 0 Å². The van der Waals surface area contributed by atoms with Crippen LogP contribution in [0.25, 0.3) is 0 Å². The zero-order valence-electron chi connectivity index (χ0n) is 28.0. The number of carbonyl (C=O) groups excluding carboxylic acids is 3. The molecule has 0 spiro atoms. The Morgan fingerprint density at radius 1 is 0.750 bits per heavy atom. The lowest BCUT2D eigenvalue weighted by Crippen LogP contribution is -2.55. The van der Waals surface area contributed by atoms with Crippen LogP contribution in [0, 0.1) is 0 Å². The Morgan fingerprint density at radius 3 is 2.00 bits per heavy atom. The lowest BCUT2D eigenvalue weighted by Gasteiger charge is -2.34. The quantitative estimate of drug-likeness (QED) is 0.0357. The number of rotatable bonds is 27. The number of quaternary nitrogens is 1. The van der Waals surface area contributed by atoms with Crippen LogP contribution in [0.4, 0.5) is 0 Å². The summed E-state index contributed by atoms with van der Waals surface area (Å²) < 4.78 is 16.8. The molecule has 44 heavy (non-hydrogen) atoms. The van der Waals surface area contributed by atoms with Crippen molar-refractivity contribution in [3.05, 3.63) is 60.8 Å². The van der Waals surface area contributed by atoms with Gasteiger partial charge in [0, 0.05) is 12.8 Å². The van der Waals surface area contributed by atoms with E-state index in [-0.39, 0.29) is 43.1 Å². The summed E-state index contributed by atoms with van der Waals surface area (Å²) in [5, 5.41) is 11.5. The summed E-state index contributed by atoms with van der Waals surface area (Å²) >= 11 is 0. The highest BCUT2D eigenvalue weighted by Gasteiger charge is 2.25. The molecule has 8 nitrogen and oxygen atoms in total. The molecule has 0 aliphatic carbocycles. The van der Waals surface area contributed by atoms with E-state index in [0.717, 1.165) is 51.4 Å². The second kappa shape index (κ2) is 27.6. The maximum Gasteiger partial charge on any atom is 0.310 e. The number of ether oxygens (including phenoxy) is 3. The third-order valence-corrected chi connectivity index (χ3v) is 6.70. The van der Waals surface area contributed by atoms with Gasteiger partial charge in [0.05, 0.1) is 46.7 Å². The van der Waals surface area contributed by atoms with Gasteiger partial charge >= 0.3 is 11.9 Å². The lowest BCUT2D eigenvalue weighted by molar-refractivity contribution is -0.889. The molecule has 0 aromatic carbocycles. The summed E-state index contributed by atoms with van der Waals surface area (Å²) in [7, 11) is 5.34. The Balaban J connectivity index is 4.66. The molecular weight excluding hydrogens is 558 g/mol. The monoisotopic (exact) mass is 617 g/mol. The second-order valence-electron chi connectivity index (χ2n) is 11.7. The maximum absolute atomic E-state index is 12.5. The van der Waals surface area contributed by atoms with Gasteiger partial charge in [-0.3, -0.25) is 9.59 Å². The van der Waals surface area contributed by atoms with Crippen molar-refractivity contribution in [2.75, 3.05) is 41.0 Å². The largest absolute Gasteiger partial charge is 0.544 e. The smallest absolute Gasteiger partial charge is 0.310 e. The maximum atomic E-state index is 12.5. The molecular formula is C36H59NO7. The van der Waals surface area contributed by atoms with E-state index in [4.69, 9.17) is 14.2 Å². The van der Waals surface area contributed by atoms with Gasteiger partial charge in [-0.05, 0) is 44.9 Å². The topological polar surface area (TPSA) is 102 Å². The van der Waals surface area contributed by atoms with E-state index in [1.807, 2.05) is 12.2 Å². The van der Waals surface area contributed by atoms with Crippen molar-refractivity contribution >= 4 is 17.9 Å². The Bertz CT molecular complexity index is 912. The summed E-state index contributed by atoms with van der Waals surface area (Å²) in [6, 6.07) is -0.742. The van der Waals surface area contributed by atoms with E-state index in [1.165, 1.54) is 12.8 Å². The molecule has 0 aliphatic rings. The van der Waals surface area contributed by atoms with Crippen LogP contribution < -0.4 is 5.11 Å². The first-order valence-electron chi connectivity index (χ1n) is 16.3. The number of hydrogen-bond donors (Lipinski definition) is 0. The molecule has 0 saturated heterocycles. The molecule has 8 heteroatoms. The number of nitrogens with zero attached hydrogens (tertiary/aromatic N) is 1. The molecule has 0 rings (SSSR count). The van der Waals surface area contributed by atoms with Crippen molar-refractivity contribution in [1.29, 1.82) is 0 Å². The highest BCUT2D eigenvalue weighted by molar-refractivity contribution is 5.71. The van der Waals surface area contributed by atoms with Crippen molar-refractivity contribution in [1.82, 2.24) is 0 Å². The number of allylic oxidation sites excluding steroid dienone is 9. The van der Waals surface area contributed by atoms with Crippen molar-refractivity contribution in [3.63, 3.8) is 0 Å². The van der Waals surface area contributed by atoms with E-state index in [2.05, 4.69) is 56.4 Å². The fourth-order valence-electron chi connectivity index (χ4n) is 4.11. The molecule has 2 atom stereocenters. The predicted octanol–water partition coefficient (Wildman–Crippen LogP) is 6.17. The molecule has 0 fully saturated rings. The van der Waals surface area contributed by atoms with Crippen LogP contribution in [-0.2, 0) is 28.6 Å². The van der Waals surface area contributed by atoms with Crippen LogP contribution >= 0.6 is 0 Å². The van der Waals surface area contributed by atoms with Gasteiger partial charge in [0.25, 0.3) is 0 Å². The van der Waals surface area contributed by atoms with Gasteiger partial charge in [0.2, 0.25) is 0 Å².